The maximum atomic E-state index is 11.7. The van der Waals surface area contributed by atoms with Gasteiger partial charge in [0.25, 0.3) is 0 Å². The van der Waals surface area contributed by atoms with Gasteiger partial charge in [0.1, 0.15) is 0 Å². The molecule has 0 aromatic heterocycles. The molecule has 1 saturated heterocycles. The largest absolute Gasteiger partial charge is 0.353 e. The predicted octanol–water partition coefficient (Wildman–Crippen LogP) is 2.22. The Kier molecular flexibility index (Phi) is 11.3. The molecule has 0 aliphatic carbocycles. The van der Waals surface area contributed by atoms with Gasteiger partial charge in [0.05, 0.1) is 0 Å². The molecule has 4 nitrogen and oxygen atoms in total. The number of halogens is 2. The molecule has 2 rings (SSSR count). The van der Waals surface area contributed by atoms with Crippen molar-refractivity contribution in [1.82, 2.24) is 15.5 Å². The van der Waals surface area contributed by atoms with Crippen LogP contribution in [-0.2, 0) is 11.3 Å². The van der Waals surface area contributed by atoms with Crippen LogP contribution in [0.1, 0.15) is 24.8 Å². The molecule has 22 heavy (non-hydrogen) atoms. The maximum Gasteiger partial charge on any atom is 0.221 e. The fourth-order valence-corrected chi connectivity index (χ4v) is 2.62. The van der Waals surface area contributed by atoms with Crippen LogP contribution in [-0.4, -0.2) is 43.5 Å². The molecule has 1 heterocycles. The molecular formula is C16H27Cl2N3O. The Balaban J connectivity index is 0.00000220. The zero-order valence-electron chi connectivity index (χ0n) is 13.1. The average molecular weight is 348 g/mol. The first kappa shape index (κ1) is 21.2. The lowest BCUT2D eigenvalue weighted by molar-refractivity contribution is -0.122. The lowest BCUT2D eigenvalue weighted by Crippen LogP contribution is -2.44. The number of amides is 1. The molecule has 1 aliphatic heterocycles. The summed E-state index contributed by atoms with van der Waals surface area (Å²) in [4.78, 5) is 14.1. The van der Waals surface area contributed by atoms with Crippen LogP contribution in [0.25, 0.3) is 0 Å². The number of nitrogens with zero attached hydrogens (tertiary/aromatic N) is 1. The van der Waals surface area contributed by atoms with Crippen molar-refractivity contribution in [1.29, 1.82) is 0 Å². The molecule has 0 bridgehead atoms. The second-order valence-corrected chi connectivity index (χ2v) is 5.46. The molecule has 1 fully saturated rings. The third-order valence-electron chi connectivity index (χ3n) is 3.80. The van der Waals surface area contributed by atoms with Gasteiger partial charge in [-0.15, -0.1) is 24.8 Å². The smallest absolute Gasteiger partial charge is 0.221 e. The number of benzene rings is 1. The lowest BCUT2D eigenvalue weighted by atomic mass is 10.0. The van der Waals surface area contributed by atoms with Crippen LogP contribution >= 0.6 is 24.8 Å². The van der Waals surface area contributed by atoms with E-state index in [9.17, 15) is 4.79 Å². The summed E-state index contributed by atoms with van der Waals surface area (Å²) in [6.07, 6.45) is 2.68. The normalized spacial score (nSPS) is 15.5. The number of piperidine rings is 1. The van der Waals surface area contributed by atoms with Crippen LogP contribution in [0.3, 0.4) is 0 Å². The molecule has 1 aromatic carbocycles. The Hall–Kier alpha value is -0.810. The van der Waals surface area contributed by atoms with Crippen molar-refractivity contribution in [2.24, 2.45) is 0 Å². The molecule has 126 valence electrons. The highest BCUT2D eigenvalue weighted by Crippen LogP contribution is 2.13. The molecule has 0 saturated carbocycles. The first-order chi connectivity index (χ1) is 9.78. The maximum absolute atomic E-state index is 11.7. The summed E-state index contributed by atoms with van der Waals surface area (Å²) in [5, 5.41) is 6.13. The van der Waals surface area contributed by atoms with Gasteiger partial charge in [0, 0.05) is 38.6 Å². The van der Waals surface area contributed by atoms with Crippen LogP contribution in [0, 0.1) is 0 Å². The molecule has 2 N–H and O–H groups in total. The molecule has 6 heteroatoms. The number of likely N-dealkylation sites (tertiary alicyclic amines) is 1. The summed E-state index contributed by atoms with van der Waals surface area (Å²) in [7, 11) is 1.87. The number of rotatable bonds is 6. The first-order valence-electron chi connectivity index (χ1n) is 7.48. The second kappa shape index (κ2) is 11.7. The summed E-state index contributed by atoms with van der Waals surface area (Å²) in [6.45, 7) is 3.89. The monoisotopic (exact) mass is 347 g/mol. The van der Waals surface area contributed by atoms with Gasteiger partial charge < -0.3 is 10.6 Å². The Morgan fingerprint density at radius 1 is 1.18 bits per heavy atom. The van der Waals surface area contributed by atoms with Gasteiger partial charge in [-0.05, 0) is 25.5 Å². The van der Waals surface area contributed by atoms with Gasteiger partial charge in [-0.25, -0.2) is 0 Å². The fraction of sp³-hybridized carbons (Fsp3) is 0.562. The van der Waals surface area contributed by atoms with Crippen molar-refractivity contribution in [3.63, 3.8) is 0 Å². The van der Waals surface area contributed by atoms with Crippen molar-refractivity contribution in [2.45, 2.75) is 31.8 Å². The van der Waals surface area contributed by atoms with Crippen LogP contribution < -0.4 is 10.6 Å². The third-order valence-corrected chi connectivity index (χ3v) is 3.80. The standard InChI is InChI=1S/C16H25N3O.2ClH/c1-17-10-7-16(20)18-15-8-11-19(12-9-15)13-14-5-3-2-4-6-14;;/h2-6,15,17H,7-13H2,1H3,(H,18,20);2*1H. The van der Waals surface area contributed by atoms with E-state index >= 15 is 0 Å². The zero-order valence-corrected chi connectivity index (χ0v) is 14.7. The van der Waals surface area contributed by atoms with E-state index in [-0.39, 0.29) is 30.7 Å². The van der Waals surface area contributed by atoms with Crippen molar-refractivity contribution in [3.05, 3.63) is 35.9 Å². The highest BCUT2D eigenvalue weighted by Gasteiger charge is 2.20. The van der Waals surface area contributed by atoms with Gasteiger partial charge in [-0.1, -0.05) is 30.3 Å². The summed E-state index contributed by atoms with van der Waals surface area (Å²) in [5.41, 5.74) is 1.36. The molecular weight excluding hydrogens is 321 g/mol. The fourth-order valence-electron chi connectivity index (χ4n) is 2.62. The van der Waals surface area contributed by atoms with Gasteiger partial charge in [0.2, 0.25) is 5.91 Å². The van der Waals surface area contributed by atoms with Crippen molar-refractivity contribution < 1.29 is 4.79 Å². The minimum atomic E-state index is 0. The summed E-state index contributed by atoms with van der Waals surface area (Å²) >= 11 is 0. The second-order valence-electron chi connectivity index (χ2n) is 5.46. The minimum absolute atomic E-state index is 0. The van der Waals surface area contributed by atoms with Crippen LogP contribution in [0.5, 0.6) is 0 Å². The van der Waals surface area contributed by atoms with E-state index in [4.69, 9.17) is 0 Å². The Bertz CT molecular complexity index is 409. The number of carbonyl (C=O) groups is 1. The van der Waals surface area contributed by atoms with Gasteiger partial charge in [-0.2, -0.15) is 0 Å². The van der Waals surface area contributed by atoms with Crippen LogP contribution in [0.2, 0.25) is 0 Å². The lowest BCUT2D eigenvalue weighted by Gasteiger charge is -2.32. The summed E-state index contributed by atoms with van der Waals surface area (Å²) in [6, 6.07) is 10.9. The molecule has 0 radical (unpaired) electrons. The van der Waals surface area contributed by atoms with Gasteiger partial charge >= 0.3 is 0 Å². The topological polar surface area (TPSA) is 44.4 Å². The van der Waals surface area contributed by atoms with E-state index in [0.29, 0.717) is 12.5 Å². The van der Waals surface area contributed by atoms with Crippen LogP contribution in [0.15, 0.2) is 30.3 Å². The molecule has 0 atom stereocenters. The Morgan fingerprint density at radius 3 is 2.41 bits per heavy atom. The van der Waals surface area contributed by atoms with Crippen molar-refractivity contribution in [2.75, 3.05) is 26.7 Å². The van der Waals surface area contributed by atoms with Crippen molar-refractivity contribution >= 4 is 30.7 Å². The van der Waals surface area contributed by atoms with Gasteiger partial charge in [-0.3, -0.25) is 9.69 Å². The van der Waals surface area contributed by atoms with E-state index in [1.807, 2.05) is 7.05 Å². The Morgan fingerprint density at radius 2 is 1.82 bits per heavy atom. The average Bonchev–Trinajstić information content (AvgIpc) is 2.48. The van der Waals surface area contributed by atoms with Crippen LogP contribution in [0.4, 0.5) is 0 Å². The van der Waals surface area contributed by atoms with E-state index in [2.05, 4.69) is 45.9 Å². The molecule has 1 amide bonds. The zero-order chi connectivity index (χ0) is 14.2. The predicted molar refractivity (Wildman–Crippen MR) is 95.9 cm³/mol. The number of nitrogens with one attached hydrogen (secondary N) is 2. The summed E-state index contributed by atoms with van der Waals surface area (Å²) < 4.78 is 0. The Labute approximate surface area is 145 Å². The molecule has 1 aliphatic rings. The van der Waals surface area contributed by atoms with E-state index in [1.165, 1.54) is 5.56 Å². The minimum Gasteiger partial charge on any atom is -0.353 e. The van der Waals surface area contributed by atoms with E-state index in [1.54, 1.807) is 0 Å². The number of carbonyl (C=O) groups excluding carboxylic acids is 1. The van der Waals surface area contributed by atoms with E-state index < -0.39 is 0 Å². The molecule has 0 spiro atoms. The number of hydrogen-bond acceptors (Lipinski definition) is 3. The highest BCUT2D eigenvalue weighted by atomic mass is 35.5. The number of hydrogen-bond donors (Lipinski definition) is 2. The molecule has 0 unspecified atom stereocenters. The quantitative estimate of drug-likeness (QED) is 0.829. The third kappa shape index (κ3) is 7.45. The molecule has 1 aromatic rings. The SMILES string of the molecule is CNCCC(=O)NC1CCN(Cc2ccccc2)CC1.Cl.Cl. The van der Waals surface area contributed by atoms with E-state index in [0.717, 1.165) is 39.0 Å². The summed E-state index contributed by atoms with van der Waals surface area (Å²) in [5.74, 6) is 0.167. The van der Waals surface area contributed by atoms with Crippen molar-refractivity contribution in [3.8, 4) is 0 Å². The first-order valence-corrected chi connectivity index (χ1v) is 7.48. The van der Waals surface area contributed by atoms with Gasteiger partial charge in [0.15, 0.2) is 0 Å². The highest BCUT2D eigenvalue weighted by molar-refractivity contribution is 5.85.